The Morgan fingerprint density at radius 2 is 2.08 bits per heavy atom. The number of hydrogen-bond acceptors (Lipinski definition) is 1. The quantitative estimate of drug-likeness (QED) is 0.757. The van der Waals surface area contributed by atoms with Crippen LogP contribution in [0.5, 0.6) is 0 Å². The van der Waals surface area contributed by atoms with Crippen LogP contribution in [0.1, 0.15) is 51.4 Å². The maximum absolute atomic E-state index is 4.30. The minimum absolute atomic E-state index is 0.605. The lowest BCUT2D eigenvalue weighted by molar-refractivity contribution is 0.633. The monoisotopic (exact) mass is 180 g/mol. The van der Waals surface area contributed by atoms with Crippen molar-refractivity contribution in [2.75, 3.05) is 0 Å². The van der Waals surface area contributed by atoms with Crippen molar-refractivity contribution < 1.29 is 0 Å². The molecule has 0 saturated carbocycles. The molecule has 1 heterocycles. The van der Waals surface area contributed by atoms with Crippen LogP contribution >= 0.6 is 0 Å². The van der Waals surface area contributed by atoms with Crippen molar-refractivity contribution in [3.63, 3.8) is 0 Å². The molecule has 2 heteroatoms. The third-order valence-corrected chi connectivity index (χ3v) is 2.41. The Morgan fingerprint density at radius 3 is 2.62 bits per heavy atom. The molecule has 1 N–H and O–H groups in total. The van der Waals surface area contributed by atoms with Crippen LogP contribution in [-0.2, 0) is 6.42 Å². The first kappa shape index (κ1) is 10.3. The molecule has 0 aliphatic rings. The predicted octanol–water partition coefficient (Wildman–Crippen LogP) is 3.12. The highest BCUT2D eigenvalue weighted by Crippen LogP contribution is 2.17. The Bertz CT molecular complexity index is 250. The summed E-state index contributed by atoms with van der Waals surface area (Å²) in [6, 6.07) is 2.20. The molecule has 0 radical (unpaired) electrons. The molecule has 1 unspecified atom stereocenters. The first-order valence-corrected chi connectivity index (χ1v) is 5.17. The van der Waals surface area contributed by atoms with E-state index < -0.39 is 0 Å². The molecule has 0 bridgehead atoms. The molecule has 1 rings (SSSR count). The van der Waals surface area contributed by atoms with E-state index in [9.17, 15) is 0 Å². The van der Waals surface area contributed by atoms with E-state index in [-0.39, 0.29) is 0 Å². The third-order valence-electron chi connectivity index (χ3n) is 2.41. The van der Waals surface area contributed by atoms with Crippen molar-refractivity contribution in [2.45, 2.75) is 46.5 Å². The summed E-state index contributed by atoms with van der Waals surface area (Å²) in [7, 11) is 0. The number of H-pyrrole nitrogens is 1. The normalized spacial score (nSPS) is 13.6. The Balaban J connectivity index is 2.63. The minimum Gasteiger partial charge on any atom is -0.282 e. The van der Waals surface area contributed by atoms with Gasteiger partial charge in [-0.1, -0.05) is 27.7 Å². The van der Waals surface area contributed by atoms with Crippen LogP contribution in [0.3, 0.4) is 0 Å². The predicted molar refractivity (Wildman–Crippen MR) is 55.8 cm³/mol. The van der Waals surface area contributed by atoms with Gasteiger partial charge >= 0.3 is 0 Å². The standard InChI is InChI=1S/C11H20N2/c1-5-9(4)11-7-10(12-13-11)6-8(2)3/h7-9H,5-6H2,1-4H3,(H,12,13). The van der Waals surface area contributed by atoms with Crippen LogP contribution in [0.4, 0.5) is 0 Å². The summed E-state index contributed by atoms with van der Waals surface area (Å²) in [4.78, 5) is 0. The molecule has 0 amide bonds. The van der Waals surface area contributed by atoms with E-state index in [1.807, 2.05) is 0 Å². The smallest absolute Gasteiger partial charge is 0.0627 e. The molecular formula is C11H20N2. The Hall–Kier alpha value is -0.790. The average molecular weight is 180 g/mol. The fraction of sp³-hybridized carbons (Fsp3) is 0.727. The summed E-state index contributed by atoms with van der Waals surface area (Å²) in [6.45, 7) is 8.87. The molecule has 1 aromatic rings. The van der Waals surface area contributed by atoms with Gasteiger partial charge in [0, 0.05) is 5.69 Å². The number of aromatic nitrogens is 2. The van der Waals surface area contributed by atoms with E-state index in [1.54, 1.807) is 0 Å². The largest absolute Gasteiger partial charge is 0.282 e. The lowest BCUT2D eigenvalue weighted by Crippen LogP contribution is -1.93. The number of aromatic amines is 1. The summed E-state index contributed by atoms with van der Waals surface area (Å²) >= 11 is 0. The summed E-state index contributed by atoms with van der Waals surface area (Å²) in [5, 5.41) is 7.41. The summed E-state index contributed by atoms with van der Waals surface area (Å²) in [5.41, 5.74) is 2.48. The number of hydrogen-bond donors (Lipinski definition) is 1. The van der Waals surface area contributed by atoms with Crippen LogP contribution in [0, 0.1) is 5.92 Å². The Morgan fingerprint density at radius 1 is 1.38 bits per heavy atom. The molecule has 74 valence electrons. The number of nitrogens with zero attached hydrogens (tertiary/aromatic N) is 1. The van der Waals surface area contributed by atoms with Crippen molar-refractivity contribution in [2.24, 2.45) is 5.92 Å². The van der Waals surface area contributed by atoms with Crippen molar-refractivity contribution >= 4 is 0 Å². The van der Waals surface area contributed by atoms with E-state index in [0.29, 0.717) is 11.8 Å². The summed E-state index contributed by atoms with van der Waals surface area (Å²) in [5.74, 6) is 1.29. The van der Waals surface area contributed by atoms with E-state index in [2.05, 4.69) is 44.0 Å². The molecule has 0 saturated heterocycles. The molecule has 13 heavy (non-hydrogen) atoms. The van der Waals surface area contributed by atoms with Crippen LogP contribution in [-0.4, -0.2) is 10.2 Å². The fourth-order valence-corrected chi connectivity index (χ4v) is 1.38. The lowest BCUT2D eigenvalue weighted by atomic mass is 10.0. The molecule has 0 spiro atoms. The van der Waals surface area contributed by atoms with Crippen molar-refractivity contribution in [3.05, 3.63) is 17.5 Å². The topological polar surface area (TPSA) is 28.7 Å². The van der Waals surface area contributed by atoms with Gasteiger partial charge in [-0.25, -0.2) is 0 Å². The molecule has 0 aromatic carbocycles. The van der Waals surface area contributed by atoms with Gasteiger partial charge in [0.15, 0.2) is 0 Å². The molecule has 2 nitrogen and oxygen atoms in total. The van der Waals surface area contributed by atoms with Gasteiger partial charge in [0.2, 0.25) is 0 Å². The van der Waals surface area contributed by atoms with E-state index in [0.717, 1.165) is 6.42 Å². The molecule has 0 aliphatic heterocycles. The fourth-order valence-electron chi connectivity index (χ4n) is 1.38. The van der Waals surface area contributed by atoms with Gasteiger partial charge in [0.25, 0.3) is 0 Å². The van der Waals surface area contributed by atoms with Crippen molar-refractivity contribution in [1.29, 1.82) is 0 Å². The van der Waals surface area contributed by atoms with Crippen molar-refractivity contribution in [3.8, 4) is 0 Å². The van der Waals surface area contributed by atoms with E-state index in [1.165, 1.54) is 17.8 Å². The van der Waals surface area contributed by atoms with Crippen LogP contribution in [0.2, 0.25) is 0 Å². The van der Waals surface area contributed by atoms with E-state index in [4.69, 9.17) is 0 Å². The minimum atomic E-state index is 0.605. The lowest BCUT2D eigenvalue weighted by Gasteiger charge is -2.02. The third kappa shape index (κ3) is 2.87. The first-order valence-electron chi connectivity index (χ1n) is 5.17. The summed E-state index contributed by atoms with van der Waals surface area (Å²) in [6.07, 6.45) is 2.25. The second-order valence-corrected chi connectivity index (χ2v) is 4.22. The number of nitrogens with one attached hydrogen (secondary N) is 1. The second-order valence-electron chi connectivity index (χ2n) is 4.22. The average Bonchev–Trinajstić information content (AvgIpc) is 2.50. The van der Waals surface area contributed by atoms with Gasteiger partial charge in [-0.3, -0.25) is 5.10 Å². The van der Waals surface area contributed by atoms with Gasteiger partial charge in [-0.05, 0) is 30.7 Å². The first-order chi connectivity index (χ1) is 6.13. The highest BCUT2D eigenvalue weighted by molar-refractivity contribution is 5.12. The van der Waals surface area contributed by atoms with Crippen LogP contribution in [0.15, 0.2) is 6.07 Å². The molecule has 1 aromatic heterocycles. The van der Waals surface area contributed by atoms with Crippen LogP contribution < -0.4 is 0 Å². The van der Waals surface area contributed by atoms with Gasteiger partial charge in [-0.15, -0.1) is 0 Å². The maximum atomic E-state index is 4.30. The zero-order valence-electron chi connectivity index (χ0n) is 9.09. The molecule has 1 atom stereocenters. The Kier molecular flexibility index (Phi) is 3.52. The van der Waals surface area contributed by atoms with E-state index >= 15 is 0 Å². The van der Waals surface area contributed by atoms with Gasteiger partial charge < -0.3 is 0 Å². The SMILES string of the molecule is CCC(C)c1cc(CC(C)C)n[nH]1. The van der Waals surface area contributed by atoms with Gasteiger partial charge in [-0.2, -0.15) is 5.10 Å². The zero-order valence-corrected chi connectivity index (χ0v) is 9.09. The van der Waals surface area contributed by atoms with Crippen molar-refractivity contribution in [1.82, 2.24) is 10.2 Å². The zero-order chi connectivity index (χ0) is 9.84. The molecule has 0 fully saturated rings. The Labute approximate surface area is 80.7 Å². The van der Waals surface area contributed by atoms with Crippen LogP contribution in [0.25, 0.3) is 0 Å². The van der Waals surface area contributed by atoms with Gasteiger partial charge in [0.05, 0.1) is 5.69 Å². The highest BCUT2D eigenvalue weighted by atomic mass is 15.1. The maximum Gasteiger partial charge on any atom is 0.0627 e. The molecular weight excluding hydrogens is 160 g/mol. The summed E-state index contributed by atoms with van der Waals surface area (Å²) < 4.78 is 0. The number of rotatable bonds is 4. The highest BCUT2D eigenvalue weighted by Gasteiger charge is 2.07. The van der Waals surface area contributed by atoms with Gasteiger partial charge in [0.1, 0.15) is 0 Å². The molecule has 0 aliphatic carbocycles. The second kappa shape index (κ2) is 4.45.